The van der Waals surface area contributed by atoms with Crippen molar-refractivity contribution in [1.29, 1.82) is 0 Å². The number of carbonyl (C=O) groups excluding carboxylic acids is 2. The molecule has 1 heterocycles. The minimum atomic E-state index is -1.03. The summed E-state index contributed by atoms with van der Waals surface area (Å²) in [6.07, 6.45) is 3.73. The maximum Gasteiger partial charge on any atom is 0.335 e. The van der Waals surface area contributed by atoms with E-state index in [1.165, 1.54) is 12.1 Å². The molecular formula is C38H43NO8. The lowest BCUT2D eigenvalue weighted by Crippen LogP contribution is -2.45. The van der Waals surface area contributed by atoms with E-state index in [4.69, 9.17) is 9.47 Å². The fourth-order valence-corrected chi connectivity index (χ4v) is 7.19. The average molecular weight is 642 g/mol. The smallest absolute Gasteiger partial charge is 0.335 e. The summed E-state index contributed by atoms with van der Waals surface area (Å²) in [6.45, 7) is 14.0. The zero-order valence-electron chi connectivity index (χ0n) is 27.8. The lowest BCUT2D eigenvalue weighted by Gasteiger charge is -2.48. The lowest BCUT2D eigenvalue weighted by molar-refractivity contribution is -0.138. The highest BCUT2D eigenvalue weighted by atomic mass is 16.5. The van der Waals surface area contributed by atoms with E-state index < -0.39 is 17.9 Å². The Morgan fingerprint density at radius 1 is 0.915 bits per heavy atom. The molecule has 0 saturated heterocycles. The molecule has 5 rings (SSSR count). The van der Waals surface area contributed by atoms with Crippen molar-refractivity contribution in [3.05, 3.63) is 93.8 Å². The minimum Gasteiger partial charge on any atom is -0.490 e. The fourth-order valence-electron chi connectivity index (χ4n) is 7.19. The SMILES string of the molecule is C=CCc1cc(C2C3=C(CC(C)(C)CC3=O)N(CC(=O)O)C3=C2C(=O)CC(C)(C)C3)cc(OCC)c1OCc1ccc(C(=O)O)cc1. The predicted octanol–water partition coefficient (Wildman–Crippen LogP) is 6.86. The van der Waals surface area contributed by atoms with Gasteiger partial charge in [-0.1, -0.05) is 52.0 Å². The van der Waals surface area contributed by atoms with Crippen LogP contribution in [0.1, 0.15) is 93.3 Å². The highest BCUT2D eigenvalue weighted by Gasteiger charge is 2.49. The van der Waals surface area contributed by atoms with Crippen molar-refractivity contribution in [3.63, 3.8) is 0 Å². The molecule has 0 unspecified atom stereocenters. The van der Waals surface area contributed by atoms with Crippen LogP contribution in [0.3, 0.4) is 0 Å². The molecule has 2 aliphatic carbocycles. The Balaban J connectivity index is 1.69. The Kier molecular flexibility index (Phi) is 9.22. The Morgan fingerprint density at radius 3 is 1.98 bits per heavy atom. The molecule has 9 nitrogen and oxygen atoms in total. The van der Waals surface area contributed by atoms with Crippen LogP contribution >= 0.6 is 0 Å². The highest BCUT2D eigenvalue weighted by Crippen LogP contribution is 2.55. The number of carbonyl (C=O) groups is 4. The largest absolute Gasteiger partial charge is 0.490 e. The van der Waals surface area contributed by atoms with Gasteiger partial charge in [-0.15, -0.1) is 6.58 Å². The third-order valence-electron chi connectivity index (χ3n) is 9.05. The molecule has 0 amide bonds. The number of allylic oxidation sites excluding steroid dienone is 5. The van der Waals surface area contributed by atoms with E-state index in [1.54, 1.807) is 23.1 Å². The summed E-state index contributed by atoms with van der Waals surface area (Å²) >= 11 is 0. The number of ketones is 2. The minimum absolute atomic E-state index is 0.0887. The molecule has 2 aromatic carbocycles. The van der Waals surface area contributed by atoms with Crippen molar-refractivity contribution in [2.24, 2.45) is 10.8 Å². The first kappa shape index (κ1) is 33.7. The van der Waals surface area contributed by atoms with Crippen LogP contribution in [-0.2, 0) is 27.4 Å². The molecule has 47 heavy (non-hydrogen) atoms. The molecule has 2 N–H and O–H groups in total. The summed E-state index contributed by atoms with van der Waals surface area (Å²) in [5.74, 6) is -1.95. The third-order valence-corrected chi connectivity index (χ3v) is 9.05. The van der Waals surface area contributed by atoms with Gasteiger partial charge in [-0.3, -0.25) is 14.4 Å². The van der Waals surface area contributed by atoms with Crippen molar-refractivity contribution in [2.45, 2.75) is 79.2 Å². The van der Waals surface area contributed by atoms with Crippen LogP contribution in [0.4, 0.5) is 0 Å². The van der Waals surface area contributed by atoms with Crippen molar-refractivity contribution >= 4 is 23.5 Å². The monoisotopic (exact) mass is 641 g/mol. The molecule has 0 saturated carbocycles. The second-order valence-corrected chi connectivity index (χ2v) is 14.2. The standard InChI is InChI=1S/C38H43NO8/c1-7-9-24-14-25(15-30(46-8-2)35(24)47-21-22-10-12-23(13-11-22)36(44)45)32-33-26(16-37(3,4)18-28(33)40)39(20-31(42)43)27-17-38(5,6)19-29(41)34(27)32/h7,10-15,32H,1,8-9,16-21H2,2-6H3,(H,42,43)(H,44,45). The Hall–Kier alpha value is -4.66. The van der Waals surface area contributed by atoms with Gasteiger partial charge in [-0.05, 0) is 66.3 Å². The van der Waals surface area contributed by atoms with Gasteiger partial charge in [-0.25, -0.2) is 4.79 Å². The summed E-state index contributed by atoms with van der Waals surface area (Å²) in [6, 6.07) is 10.2. The normalized spacial score (nSPS) is 18.9. The maximum atomic E-state index is 14.1. The topological polar surface area (TPSA) is 130 Å². The van der Waals surface area contributed by atoms with Gasteiger partial charge in [0.2, 0.25) is 0 Å². The Bertz CT molecular complexity index is 1660. The van der Waals surface area contributed by atoms with Gasteiger partial charge in [0.1, 0.15) is 13.2 Å². The van der Waals surface area contributed by atoms with Crippen LogP contribution in [0.25, 0.3) is 0 Å². The molecule has 3 aliphatic rings. The van der Waals surface area contributed by atoms with Crippen LogP contribution in [0.15, 0.2) is 71.6 Å². The van der Waals surface area contributed by atoms with E-state index in [-0.39, 0.29) is 54.0 Å². The van der Waals surface area contributed by atoms with Crippen LogP contribution in [-0.4, -0.2) is 51.8 Å². The molecule has 0 atom stereocenters. The second kappa shape index (κ2) is 12.9. The molecule has 1 aliphatic heterocycles. The summed E-state index contributed by atoms with van der Waals surface area (Å²) in [5, 5.41) is 19.2. The van der Waals surface area contributed by atoms with E-state index in [2.05, 4.69) is 6.58 Å². The van der Waals surface area contributed by atoms with Crippen LogP contribution in [0.5, 0.6) is 11.5 Å². The molecule has 0 radical (unpaired) electrons. The molecule has 248 valence electrons. The predicted molar refractivity (Wildman–Crippen MR) is 176 cm³/mol. The van der Waals surface area contributed by atoms with Crippen molar-refractivity contribution in [1.82, 2.24) is 4.90 Å². The van der Waals surface area contributed by atoms with Gasteiger partial charge in [0.05, 0.1) is 12.2 Å². The van der Waals surface area contributed by atoms with Gasteiger partial charge < -0.3 is 24.6 Å². The van der Waals surface area contributed by atoms with Crippen LogP contribution in [0.2, 0.25) is 0 Å². The number of hydrogen-bond donors (Lipinski definition) is 2. The fraction of sp³-hybridized carbons (Fsp3) is 0.421. The summed E-state index contributed by atoms with van der Waals surface area (Å²) in [7, 11) is 0. The second-order valence-electron chi connectivity index (χ2n) is 14.2. The molecule has 0 spiro atoms. The zero-order chi connectivity index (χ0) is 34.3. The van der Waals surface area contributed by atoms with E-state index in [0.717, 1.165) is 11.1 Å². The summed E-state index contributed by atoms with van der Waals surface area (Å²) in [5.41, 5.74) is 3.97. The number of aliphatic carboxylic acids is 1. The van der Waals surface area contributed by atoms with Crippen molar-refractivity contribution in [2.75, 3.05) is 13.2 Å². The van der Waals surface area contributed by atoms with E-state index in [9.17, 15) is 29.4 Å². The third kappa shape index (κ3) is 6.89. The van der Waals surface area contributed by atoms with Gasteiger partial charge in [0.25, 0.3) is 0 Å². The summed E-state index contributed by atoms with van der Waals surface area (Å²) < 4.78 is 12.5. The Morgan fingerprint density at radius 2 is 1.49 bits per heavy atom. The number of carboxylic acid groups (broad SMARTS) is 2. The van der Waals surface area contributed by atoms with Gasteiger partial charge in [0.15, 0.2) is 23.1 Å². The van der Waals surface area contributed by atoms with E-state index >= 15 is 0 Å². The number of nitrogens with zero attached hydrogens (tertiary/aromatic N) is 1. The Labute approximate surface area is 275 Å². The molecule has 0 bridgehead atoms. The number of ether oxygens (including phenoxy) is 2. The van der Waals surface area contributed by atoms with Gasteiger partial charge in [0, 0.05) is 46.9 Å². The van der Waals surface area contributed by atoms with Crippen LogP contribution in [0, 0.1) is 10.8 Å². The molecule has 0 aromatic heterocycles. The summed E-state index contributed by atoms with van der Waals surface area (Å²) in [4.78, 5) is 53.5. The molecular weight excluding hydrogens is 598 g/mol. The number of rotatable bonds is 11. The maximum absolute atomic E-state index is 14.1. The van der Waals surface area contributed by atoms with E-state index in [1.807, 2.05) is 46.8 Å². The van der Waals surface area contributed by atoms with Crippen molar-refractivity contribution in [3.8, 4) is 11.5 Å². The van der Waals surface area contributed by atoms with Gasteiger partial charge in [-0.2, -0.15) is 0 Å². The molecule has 0 fully saturated rings. The first-order valence-electron chi connectivity index (χ1n) is 16.0. The quantitative estimate of drug-likeness (QED) is 0.253. The zero-order valence-corrected chi connectivity index (χ0v) is 27.8. The highest BCUT2D eigenvalue weighted by molar-refractivity contribution is 6.07. The first-order valence-corrected chi connectivity index (χ1v) is 16.0. The first-order chi connectivity index (χ1) is 22.1. The average Bonchev–Trinajstić information content (AvgIpc) is 2.96. The van der Waals surface area contributed by atoms with Crippen LogP contribution < -0.4 is 9.47 Å². The number of hydrogen-bond acceptors (Lipinski definition) is 7. The van der Waals surface area contributed by atoms with Crippen molar-refractivity contribution < 1.29 is 38.9 Å². The molecule has 9 heteroatoms. The number of carboxylic acids is 2. The molecule has 2 aromatic rings. The number of Topliss-reactive ketones (excluding diaryl/α,β-unsaturated/α-hetero) is 2. The number of benzene rings is 2. The lowest BCUT2D eigenvalue weighted by atomic mass is 9.63. The van der Waals surface area contributed by atoms with Gasteiger partial charge >= 0.3 is 11.9 Å². The number of aromatic carboxylic acids is 1. The van der Waals surface area contributed by atoms with E-state index in [0.29, 0.717) is 65.5 Å².